The number of rotatable bonds is 4. The molecule has 1 aromatic carbocycles. The van der Waals surface area contributed by atoms with Crippen LogP contribution in [-0.2, 0) is 5.41 Å². The summed E-state index contributed by atoms with van der Waals surface area (Å²) >= 11 is 9.80. The molecule has 4 aromatic heterocycles. The third kappa shape index (κ3) is 2.69. The van der Waals surface area contributed by atoms with Gasteiger partial charge in [-0.05, 0) is 42.4 Å². The van der Waals surface area contributed by atoms with E-state index in [0.717, 1.165) is 46.8 Å². The minimum Gasteiger partial charge on any atom is -0.355 e. The lowest BCUT2D eigenvalue weighted by molar-refractivity contribution is 0.549. The van der Waals surface area contributed by atoms with Crippen LogP contribution < -0.4 is 10.6 Å². The molecule has 3 atom stereocenters. The van der Waals surface area contributed by atoms with Crippen molar-refractivity contribution in [2.45, 2.75) is 12.3 Å². The molecule has 3 N–H and O–H groups in total. The van der Waals surface area contributed by atoms with Crippen LogP contribution in [0.4, 0.5) is 5.82 Å². The van der Waals surface area contributed by atoms with E-state index in [-0.39, 0.29) is 5.41 Å². The van der Waals surface area contributed by atoms with Crippen molar-refractivity contribution in [2.75, 3.05) is 24.5 Å². The average Bonchev–Trinajstić information content (AvgIpc) is 3.46. The van der Waals surface area contributed by atoms with Gasteiger partial charge in [-0.2, -0.15) is 9.47 Å². The molecule has 0 bridgehead atoms. The SMILES string of the molecule is Cc1csc(C2(CN)[C@@H]3CN(c4cnc5c(-c6ccc7nscc7c6Cl)[nH]nc5n4)C[C@@H]32)n1. The first-order valence-electron chi connectivity index (χ1n) is 10.7. The Morgan fingerprint density at radius 3 is 2.85 bits per heavy atom. The fraction of sp³-hybridized carbons (Fsp3) is 0.318. The molecule has 1 aliphatic heterocycles. The van der Waals surface area contributed by atoms with Crippen molar-refractivity contribution in [2.24, 2.45) is 17.6 Å². The summed E-state index contributed by atoms with van der Waals surface area (Å²) in [5.74, 6) is 1.85. The first kappa shape index (κ1) is 19.8. The maximum atomic E-state index is 6.67. The molecule has 0 amide bonds. The number of fused-ring (bicyclic) bond motifs is 3. The van der Waals surface area contributed by atoms with E-state index in [4.69, 9.17) is 32.3 Å². The molecule has 7 rings (SSSR count). The Morgan fingerprint density at radius 2 is 2.09 bits per heavy atom. The number of anilines is 1. The lowest BCUT2D eigenvalue weighted by atomic mass is 10.0. The number of nitrogens with zero attached hydrogens (tertiary/aromatic N) is 6. The Bertz CT molecular complexity index is 1530. The molecule has 1 unspecified atom stereocenters. The van der Waals surface area contributed by atoms with Crippen molar-refractivity contribution in [3.8, 4) is 11.3 Å². The summed E-state index contributed by atoms with van der Waals surface area (Å²) in [6.45, 7) is 4.50. The molecule has 1 saturated carbocycles. The second-order valence-electron chi connectivity index (χ2n) is 8.83. The molecular formula is C22H19ClN8S2. The van der Waals surface area contributed by atoms with Gasteiger partial charge in [-0.15, -0.1) is 11.3 Å². The topological polar surface area (TPSA) is 110 Å². The number of H-pyrrole nitrogens is 1. The van der Waals surface area contributed by atoms with Gasteiger partial charge in [-0.25, -0.2) is 15.0 Å². The zero-order valence-electron chi connectivity index (χ0n) is 17.6. The molecule has 1 aliphatic carbocycles. The van der Waals surface area contributed by atoms with Gasteiger partial charge in [0.25, 0.3) is 0 Å². The summed E-state index contributed by atoms with van der Waals surface area (Å²) < 4.78 is 4.35. The second kappa shape index (κ2) is 6.92. The standard InChI is InChI=1S/C22H19ClN8S2/c1-10-7-32-21(26-10)22(9-24)13-5-31(6-14(13)22)16-4-25-19-18(28-29-20(19)27-16)11-2-3-15-12(17(11)23)8-33-30-15/h2-4,7-8,13-14H,5-6,9,24H2,1H3,(H,27,28,29)/t13-,14+,22?. The molecule has 166 valence electrons. The fourth-order valence-electron chi connectivity index (χ4n) is 5.43. The molecule has 11 heteroatoms. The summed E-state index contributed by atoms with van der Waals surface area (Å²) in [6, 6.07) is 3.92. The van der Waals surface area contributed by atoms with Crippen LogP contribution in [0.15, 0.2) is 29.1 Å². The average molecular weight is 495 g/mol. The maximum absolute atomic E-state index is 6.67. The number of thiazole rings is 1. The van der Waals surface area contributed by atoms with Crippen LogP contribution in [0.25, 0.3) is 33.3 Å². The maximum Gasteiger partial charge on any atom is 0.202 e. The van der Waals surface area contributed by atoms with Gasteiger partial charge in [0, 0.05) is 52.5 Å². The number of hydrogen-bond donors (Lipinski definition) is 2. The Labute approximate surface area is 202 Å². The highest BCUT2D eigenvalue weighted by Gasteiger charge is 2.69. The molecule has 33 heavy (non-hydrogen) atoms. The van der Waals surface area contributed by atoms with E-state index in [1.54, 1.807) is 11.3 Å². The molecule has 5 heterocycles. The van der Waals surface area contributed by atoms with Crippen LogP contribution in [0, 0.1) is 18.8 Å². The molecule has 8 nitrogen and oxygen atoms in total. The quantitative estimate of drug-likeness (QED) is 0.388. The van der Waals surface area contributed by atoms with Crippen molar-refractivity contribution in [3.63, 3.8) is 0 Å². The number of hydrogen-bond acceptors (Lipinski definition) is 9. The number of aromatic amines is 1. The summed E-state index contributed by atoms with van der Waals surface area (Å²) in [4.78, 5) is 16.6. The zero-order valence-corrected chi connectivity index (χ0v) is 20.0. The Morgan fingerprint density at radius 1 is 1.24 bits per heavy atom. The van der Waals surface area contributed by atoms with Crippen LogP contribution in [0.2, 0.25) is 5.02 Å². The first-order valence-corrected chi connectivity index (χ1v) is 12.8. The lowest BCUT2D eigenvalue weighted by Gasteiger charge is -2.25. The van der Waals surface area contributed by atoms with Gasteiger partial charge in [0.05, 0.1) is 22.4 Å². The molecule has 0 spiro atoms. The number of nitrogens with one attached hydrogen (secondary N) is 1. The Kier molecular flexibility index (Phi) is 4.15. The minimum absolute atomic E-state index is 0.0262. The van der Waals surface area contributed by atoms with Gasteiger partial charge in [0.1, 0.15) is 16.3 Å². The highest BCUT2D eigenvalue weighted by molar-refractivity contribution is 7.09. The number of aryl methyl sites for hydroxylation is 1. The van der Waals surface area contributed by atoms with Crippen molar-refractivity contribution < 1.29 is 0 Å². The van der Waals surface area contributed by atoms with E-state index in [9.17, 15) is 0 Å². The summed E-state index contributed by atoms with van der Waals surface area (Å²) in [7, 11) is 0. The van der Waals surface area contributed by atoms with Crippen LogP contribution in [0.3, 0.4) is 0 Å². The largest absolute Gasteiger partial charge is 0.355 e. The van der Waals surface area contributed by atoms with Gasteiger partial charge in [-0.3, -0.25) is 5.10 Å². The summed E-state index contributed by atoms with van der Waals surface area (Å²) in [5, 5.41) is 14.4. The molecular weight excluding hydrogens is 476 g/mol. The van der Waals surface area contributed by atoms with E-state index in [0.29, 0.717) is 34.6 Å². The van der Waals surface area contributed by atoms with Crippen molar-refractivity contribution in [1.29, 1.82) is 0 Å². The predicted octanol–water partition coefficient (Wildman–Crippen LogP) is 4.01. The second-order valence-corrected chi connectivity index (χ2v) is 10.7. The van der Waals surface area contributed by atoms with Gasteiger partial charge < -0.3 is 10.6 Å². The number of halogens is 1. The van der Waals surface area contributed by atoms with Crippen LogP contribution in [-0.4, -0.2) is 49.2 Å². The van der Waals surface area contributed by atoms with Gasteiger partial charge >= 0.3 is 0 Å². The van der Waals surface area contributed by atoms with Gasteiger partial charge in [-0.1, -0.05) is 11.6 Å². The normalized spacial score (nSPS) is 24.2. The molecule has 5 aromatic rings. The third-order valence-corrected chi connectivity index (χ3v) is 9.42. The number of piperidine rings is 1. The van der Waals surface area contributed by atoms with E-state index in [2.05, 4.69) is 24.9 Å². The highest BCUT2D eigenvalue weighted by Crippen LogP contribution is 2.63. The van der Waals surface area contributed by atoms with E-state index in [1.807, 2.05) is 30.6 Å². The van der Waals surface area contributed by atoms with Crippen molar-refractivity contribution in [1.82, 2.24) is 29.5 Å². The fourth-order valence-corrected chi connectivity index (χ4v) is 7.61. The lowest BCUT2D eigenvalue weighted by Crippen LogP contribution is -2.35. The van der Waals surface area contributed by atoms with E-state index >= 15 is 0 Å². The predicted molar refractivity (Wildman–Crippen MR) is 132 cm³/mol. The van der Waals surface area contributed by atoms with E-state index < -0.39 is 0 Å². The van der Waals surface area contributed by atoms with Crippen LogP contribution >= 0.6 is 34.5 Å². The van der Waals surface area contributed by atoms with Crippen LogP contribution in [0.1, 0.15) is 10.7 Å². The van der Waals surface area contributed by atoms with Crippen LogP contribution in [0.5, 0.6) is 0 Å². The first-order chi connectivity index (χ1) is 16.1. The number of benzene rings is 1. The Balaban J connectivity index is 1.18. The van der Waals surface area contributed by atoms with E-state index in [1.165, 1.54) is 16.5 Å². The summed E-state index contributed by atoms with van der Waals surface area (Å²) in [5.41, 5.74) is 11.2. The van der Waals surface area contributed by atoms with Gasteiger partial charge in [0.2, 0.25) is 5.65 Å². The smallest absolute Gasteiger partial charge is 0.202 e. The Hall–Kier alpha value is -2.66. The number of aromatic nitrogens is 6. The molecule has 1 saturated heterocycles. The highest BCUT2D eigenvalue weighted by atomic mass is 35.5. The molecule has 2 fully saturated rings. The monoisotopic (exact) mass is 494 g/mol. The summed E-state index contributed by atoms with van der Waals surface area (Å²) in [6.07, 6.45) is 1.84. The van der Waals surface area contributed by atoms with Crippen molar-refractivity contribution in [3.05, 3.63) is 44.8 Å². The molecule has 0 radical (unpaired) electrons. The molecule has 2 aliphatic rings. The third-order valence-electron chi connectivity index (χ3n) is 7.21. The minimum atomic E-state index is 0.0262. The number of nitrogens with two attached hydrogens (primary N) is 1. The zero-order chi connectivity index (χ0) is 22.3. The van der Waals surface area contributed by atoms with Crippen molar-refractivity contribution >= 4 is 62.4 Å². The van der Waals surface area contributed by atoms with Gasteiger partial charge in [0.15, 0.2) is 0 Å².